The number of pyridine rings is 1. The van der Waals surface area contributed by atoms with Gasteiger partial charge in [0.05, 0.1) is 11.6 Å². The van der Waals surface area contributed by atoms with Crippen molar-refractivity contribution in [3.05, 3.63) is 63.5 Å². The van der Waals surface area contributed by atoms with Crippen molar-refractivity contribution >= 4 is 40.5 Å². The number of benzene rings is 1. The van der Waals surface area contributed by atoms with Crippen LogP contribution in [0.2, 0.25) is 0 Å². The lowest BCUT2D eigenvalue weighted by molar-refractivity contribution is -0.150. The zero-order valence-electron chi connectivity index (χ0n) is 15.9. The lowest BCUT2D eigenvalue weighted by atomic mass is 9.83. The van der Waals surface area contributed by atoms with Gasteiger partial charge in [0.2, 0.25) is 0 Å². The number of aromatic amines is 1. The average Bonchev–Trinajstić information content (AvgIpc) is 2.85. The second-order valence-electron chi connectivity index (χ2n) is 7.72. The van der Waals surface area contributed by atoms with Gasteiger partial charge in [0.25, 0.3) is 0 Å². The van der Waals surface area contributed by atoms with E-state index in [1.807, 2.05) is 6.92 Å². The van der Waals surface area contributed by atoms with Crippen molar-refractivity contribution in [2.45, 2.75) is 26.0 Å². The number of carboxylic acids is 1. The van der Waals surface area contributed by atoms with Crippen molar-refractivity contribution in [2.24, 2.45) is 5.41 Å². The van der Waals surface area contributed by atoms with Gasteiger partial charge < -0.3 is 20.5 Å². The monoisotopic (exact) mass is 392 g/mol. The first-order valence-electron chi connectivity index (χ1n) is 9.16. The molecule has 1 aliphatic carbocycles. The zero-order valence-corrected chi connectivity index (χ0v) is 15.9. The molecule has 148 valence electrons. The highest BCUT2D eigenvalue weighted by Gasteiger charge is 2.35. The summed E-state index contributed by atoms with van der Waals surface area (Å²) in [7, 11) is 0. The summed E-state index contributed by atoms with van der Waals surface area (Å²) in [5.41, 5.74) is 1.36. The molecule has 2 heterocycles. The third kappa shape index (κ3) is 2.82. The zero-order chi connectivity index (χ0) is 21.1. The smallest absolute Gasteiger partial charge is 0.333 e. The number of rotatable bonds is 2. The molecule has 7 nitrogen and oxygen atoms in total. The van der Waals surface area contributed by atoms with Gasteiger partial charge in [0.15, 0.2) is 17.3 Å². The third-order valence-electron chi connectivity index (χ3n) is 5.68. The van der Waals surface area contributed by atoms with E-state index in [0.717, 1.165) is 0 Å². The van der Waals surface area contributed by atoms with Gasteiger partial charge >= 0.3 is 5.97 Å². The highest BCUT2D eigenvalue weighted by Crippen LogP contribution is 2.33. The molecule has 3 unspecified atom stereocenters. The van der Waals surface area contributed by atoms with Crippen molar-refractivity contribution in [3.63, 3.8) is 0 Å². The Balaban J connectivity index is 1.92. The number of ketones is 1. The largest absolute Gasteiger partial charge is 0.479 e. The Morgan fingerprint density at radius 2 is 1.93 bits per heavy atom. The highest BCUT2D eigenvalue weighted by molar-refractivity contribution is 6.16. The van der Waals surface area contributed by atoms with Crippen LogP contribution in [0.25, 0.3) is 23.1 Å². The Morgan fingerprint density at radius 1 is 1.24 bits per heavy atom. The molecule has 0 saturated carbocycles. The number of Topliss-reactive ketones (excluding diaryl/α,β-unsaturated/α-hetero) is 1. The van der Waals surface area contributed by atoms with Gasteiger partial charge in [0, 0.05) is 38.9 Å². The summed E-state index contributed by atoms with van der Waals surface area (Å²) in [6.07, 6.45) is 4.52. The van der Waals surface area contributed by atoms with Crippen LogP contribution in [-0.4, -0.2) is 39.1 Å². The van der Waals surface area contributed by atoms with E-state index in [2.05, 4.69) is 16.9 Å². The van der Waals surface area contributed by atoms with Crippen molar-refractivity contribution in [1.82, 2.24) is 4.98 Å². The summed E-state index contributed by atoms with van der Waals surface area (Å²) in [5.74, 6) is -1.52. The first-order valence-corrected chi connectivity index (χ1v) is 9.16. The van der Waals surface area contributed by atoms with E-state index in [4.69, 9.17) is 0 Å². The number of hydrogen-bond acceptors (Lipinski definition) is 5. The van der Waals surface area contributed by atoms with Crippen LogP contribution < -0.4 is 10.7 Å². The molecule has 0 amide bonds. The van der Waals surface area contributed by atoms with Crippen LogP contribution in [0.1, 0.15) is 35.5 Å². The number of carboxylic acid groups (broad SMARTS) is 1. The van der Waals surface area contributed by atoms with Gasteiger partial charge in [-0.15, -0.1) is 0 Å². The molecule has 0 fully saturated rings. The quantitative estimate of drug-likeness (QED) is 0.583. The number of carbonyl (C=O) groups excluding carboxylic acids is 1. The predicted molar refractivity (Wildman–Crippen MR) is 111 cm³/mol. The molecule has 0 saturated heterocycles. The summed E-state index contributed by atoms with van der Waals surface area (Å²) in [5, 5.41) is 22.8. The Hall–Kier alpha value is -3.45. The minimum atomic E-state index is -1.66. The Bertz CT molecular complexity index is 1220. The van der Waals surface area contributed by atoms with Gasteiger partial charge in [-0.2, -0.15) is 0 Å². The van der Waals surface area contributed by atoms with Crippen LogP contribution in [0.15, 0.2) is 41.2 Å². The molecule has 0 radical (unpaired) electrons. The van der Waals surface area contributed by atoms with E-state index in [9.17, 15) is 24.6 Å². The molecule has 3 atom stereocenters. The lowest BCUT2D eigenvalue weighted by Gasteiger charge is -2.25. The normalized spacial score (nSPS) is 23.9. The highest BCUT2D eigenvalue weighted by atomic mass is 16.4. The molecule has 29 heavy (non-hydrogen) atoms. The minimum absolute atomic E-state index is 0.170. The number of nitrogens with one attached hydrogen (secondary N) is 2. The maximum atomic E-state index is 13.1. The van der Waals surface area contributed by atoms with E-state index in [1.54, 1.807) is 31.2 Å². The second kappa shape index (κ2) is 6.28. The van der Waals surface area contributed by atoms with Crippen LogP contribution in [0, 0.1) is 5.41 Å². The lowest BCUT2D eigenvalue weighted by Crippen LogP contribution is -2.35. The fraction of sp³-hybridized carbons (Fsp3) is 0.227. The Labute approximate surface area is 166 Å². The predicted octanol–water partition coefficient (Wildman–Crippen LogP) is 2.57. The standard InChI is InChI=1S/C22H20N2O5/c1-10-11(2)23-16-9-14-17(8-13(16)18(10)25)24-15-5-7-22(3,20(27)21(28)29)6-4-12(15)19(14)26/h4-9,11,20,23,27H,1H2,2-3H3,(H,24,26)(H,28,29). The molecule has 1 aliphatic heterocycles. The van der Waals surface area contributed by atoms with Crippen LogP contribution in [0.4, 0.5) is 5.69 Å². The Kier molecular flexibility index (Phi) is 4.09. The summed E-state index contributed by atoms with van der Waals surface area (Å²) in [6.45, 7) is 7.23. The molecule has 4 N–H and O–H groups in total. The third-order valence-corrected chi connectivity index (χ3v) is 5.68. The molecule has 1 aromatic heterocycles. The maximum absolute atomic E-state index is 13.1. The summed E-state index contributed by atoms with van der Waals surface area (Å²) < 4.78 is 0. The molecule has 2 aromatic rings. The molecule has 2 aliphatic rings. The number of aliphatic carboxylic acids is 1. The molecule has 4 rings (SSSR count). The summed E-state index contributed by atoms with van der Waals surface area (Å²) >= 11 is 0. The number of H-pyrrole nitrogens is 1. The second-order valence-corrected chi connectivity index (χ2v) is 7.72. The molecule has 0 spiro atoms. The van der Waals surface area contributed by atoms with Gasteiger partial charge in [-0.3, -0.25) is 9.59 Å². The number of hydrogen-bond donors (Lipinski definition) is 4. The van der Waals surface area contributed by atoms with E-state index in [1.165, 1.54) is 12.2 Å². The van der Waals surface area contributed by atoms with Crippen molar-refractivity contribution in [2.75, 3.05) is 5.32 Å². The molecular formula is C22H20N2O5. The molecule has 1 aromatic carbocycles. The average molecular weight is 392 g/mol. The molecule has 0 bridgehead atoms. The van der Waals surface area contributed by atoms with E-state index in [-0.39, 0.29) is 17.3 Å². The number of aliphatic hydroxyl groups excluding tert-OH is 1. The minimum Gasteiger partial charge on any atom is -0.479 e. The number of anilines is 1. The number of carbonyl (C=O) groups is 2. The fourth-order valence-electron chi connectivity index (χ4n) is 3.69. The summed E-state index contributed by atoms with van der Waals surface area (Å²) in [6, 6.07) is 3.05. The van der Waals surface area contributed by atoms with Crippen LogP contribution in [0.5, 0.6) is 0 Å². The molecular weight excluding hydrogens is 372 g/mol. The van der Waals surface area contributed by atoms with Gasteiger partial charge in [0.1, 0.15) is 0 Å². The van der Waals surface area contributed by atoms with Gasteiger partial charge in [-0.1, -0.05) is 24.8 Å². The van der Waals surface area contributed by atoms with Crippen LogP contribution in [-0.2, 0) is 4.79 Å². The molecule has 7 heteroatoms. The number of fused-ring (bicyclic) bond motifs is 3. The number of aliphatic hydroxyl groups is 1. The topological polar surface area (TPSA) is 119 Å². The fourth-order valence-corrected chi connectivity index (χ4v) is 3.69. The SMILES string of the molecule is C=C1C(=O)c2cc3[nH]c4c(c(=O)c3cc2NC1C)C=CC(C)(C(O)C(=O)O)C=C4. The van der Waals surface area contributed by atoms with Crippen molar-refractivity contribution in [1.29, 1.82) is 0 Å². The van der Waals surface area contributed by atoms with E-state index >= 15 is 0 Å². The number of aromatic nitrogens is 1. The first kappa shape index (κ1) is 18.9. The van der Waals surface area contributed by atoms with Crippen LogP contribution >= 0.6 is 0 Å². The van der Waals surface area contributed by atoms with Crippen molar-refractivity contribution < 1.29 is 19.8 Å². The van der Waals surface area contributed by atoms with Crippen LogP contribution in [0.3, 0.4) is 0 Å². The Morgan fingerprint density at radius 3 is 2.62 bits per heavy atom. The maximum Gasteiger partial charge on any atom is 0.333 e. The summed E-state index contributed by atoms with van der Waals surface area (Å²) in [4.78, 5) is 40.1. The van der Waals surface area contributed by atoms with Gasteiger partial charge in [-0.25, -0.2) is 4.79 Å². The first-order chi connectivity index (χ1) is 13.6. The van der Waals surface area contributed by atoms with Crippen molar-refractivity contribution in [3.8, 4) is 0 Å². The van der Waals surface area contributed by atoms with Gasteiger partial charge in [-0.05, 0) is 32.1 Å². The van der Waals surface area contributed by atoms with E-state index in [0.29, 0.717) is 39.0 Å². The van der Waals surface area contributed by atoms with E-state index < -0.39 is 17.5 Å².